The van der Waals surface area contributed by atoms with E-state index in [-0.39, 0.29) is 0 Å². The molecule has 0 unspecified atom stereocenters. The molecule has 132 valence electrons. The van der Waals surface area contributed by atoms with Gasteiger partial charge in [0, 0.05) is 31.8 Å². The van der Waals surface area contributed by atoms with E-state index in [1.165, 1.54) is 0 Å². The fourth-order valence-electron chi connectivity index (χ4n) is 2.26. The van der Waals surface area contributed by atoms with E-state index in [1.54, 1.807) is 20.4 Å². The van der Waals surface area contributed by atoms with Crippen LogP contribution in [0.25, 0.3) is 0 Å². The first-order chi connectivity index (χ1) is 12.3. The van der Waals surface area contributed by atoms with Crippen molar-refractivity contribution >= 4 is 0 Å². The Morgan fingerprint density at radius 3 is 2.52 bits per heavy atom. The molecule has 0 bridgehead atoms. The Morgan fingerprint density at radius 1 is 1.04 bits per heavy atom. The van der Waals surface area contributed by atoms with Gasteiger partial charge in [-0.05, 0) is 29.7 Å². The number of hydrogen-bond acceptors (Lipinski definition) is 6. The lowest BCUT2D eigenvalue weighted by Crippen LogP contribution is -2.13. The van der Waals surface area contributed by atoms with Crippen molar-refractivity contribution < 1.29 is 14.2 Å². The maximum absolute atomic E-state index is 8.58. The number of benzene rings is 1. The highest BCUT2D eigenvalue weighted by Gasteiger charge is 2.06. The van der Waals surface area contributed by atoms with Gasteiger partial charge in [0.1, 0.15) is 0 Å². The highest BCUT2D eigenvalue weighted by molar-refractivity contribution is 5.43. The molecule has 1 aromatic carbocycles. The number of hydrogen-bond donors (Lipinski definition) is 1. The number of nitrogens with zero attached hydrogens (tertiary/aromatic N) is 2. The van der Waals surface area contributed by atoms with E-state index in [0.717, 1.165) is 11.1 Å². The molecule has 1 aromatic heterocycles. The lowest BCUT2D eigenvalue weighted by atomic mass is 10.2. The highest BCUT2D eigenvalue weighted by Crippen LogP contribution is 2.28. The smallest absolute Gasteiger partial charge is 0.212 e. The van der Waals surface area contributed by atoms with Crippen LogP contribution in [0.1, 0.15) is 24.0 Å². The molecule has 0 aliphatic carbocycles. The summed E-state index contributed by atoms with van der Waals surface area (Å²) in [6.45, 7) is 1.91. The summed E-state index contributed by atoms with van der Waals surface area (Å²) in [7, 11) is 3.22. The Balaban J connectivity index is 1.89. The Morgan fingerprint density at radius 2 is 1.84 bits per heavy atom. The van der Waals surface area contributed by atoms with Gasteiger partial charge in [-0.15, -0.1) is 0 Å². The molecule has 2 rings (SSSR count). The van der Waals surface area contributed by atoms with Gasteiger partial charge in [-0.3, -0.25) is 0 Å². The standard InChI is InChI=1S/C19H23N3O3/c1-23-17-7-5-15(11-18(17)25-10-4-3-9-20)12-21-13-16-6-8-19(24-2)22-14-16/h5-8,11,14,21H,3-4,10,12-13H2,1-2H3. The minimum atomic E-state index is 0.486. The summed E-state index contributed by atoms with van der Waals surface area (Å²) in [5.41, 5.74) is 2.18. The first-order valence-electron chi connectivity index (χ1n) is 8.13. The zero-order valence-corrected chi connectivity index (χ0v) is 14.6. The van der Waals surface area contributed by atoms with Crippen molar-refractivity contribution in [3.05, 3.63) is 47.7 Å². The number of rotatable bonds is 10. The summed E-state index contributed by atoms with van der Waals surface area (Å²) in [6, 6.07) is 11.8. The van der Waals surface area contributed by atoms with E-state index in [2.05, 4.69) is 16.4 Å². The van der Waals surface area contributed by atoms with Gasteiger partial charge in [-0.2, -0.15) is 5.26 Å². The Hall–Kier alpha value is -2.78. The zero-order chi connectivity index (χ0) is 17.9. The molecule has 0 spiro atoms. The highest BCUT2D eigenvalue weighted by atomic mass is 16.5. The Kier molecular flexibility index (Phi) is 7.54. The van der Waals surface area contributed by atoms with Crippen LogP contribution < -0.4 is 19.5 Å². The molecular formula is C19H23N3O3. The van der Waals surface area contributed by atoms with Gasteiger partial charge in [-0.25, -0.2) is 4.98 Å². The second-order valence-corrected chi connectivity index (χ2v) is 5.41. The third-order valence-corrected chi connectivity index (χ3v) is 3.58. The van der Waals surface area contributed by atoms with Crippen LogP contribution in [0, 0.1) is 11.3 Å². The molecule has 0 saturated heterocycles. The molecule has 0 aliphatic heterocycles. The van der Waals surface area contributed by atoms with Crippen molar-refractivity contribution in [1.82, 2.24) is 10.3 Å². The monoisotopic (exact) mass is 341 g/mol. The molecule has 0 radical (unpaired) electrons. The summed E-state index contributed by atoms with van der Waals surface area (Å²) in [5, 5.41) is 12.0. The summed E-state index contributed by atoms with van der Waals surface area (Å²) in [6.07, 6.45) is 2.98. The predicted molar refractivity (Wildman–Crippen MR) is 94.7 cm³/mol. The minimum absolute atomic E-state index is 0.486. The quantitative estimate of drug-likeness (QED) is 0.669. The second kappa shape index (κ2) is 10.2. The van der Waals surface area contributed by atoms with Crippen LogP contribution in [0.2, 0.25) is 0 Å². The summed E-state index contributed by atoms with van der Waals surface area (Å²) >= 11 is 0. The number of ether oxygens (including phenoxy) is 3. The summed E-state index contributed by atoms with van der Waals surface area (Å²) in [4.78, 5) is 4.19. The largest absolute Gasteiger partial charge is 0.493 e. The molecule has 6 heteroatoms. The van der Waals surface area contributed by atoms with Crippen molar-refractivity contribution in [3.63, 3.8) is 0 Å². The van der Waals surface area contributed by atoms with Crippen molar-refractivity contribution in [1.29, 1.82) is 5.26 Å². The Bertz CT molecular complexity index is 696. The number of aromatic nitrogens is 1. The number of unbranched alkanes of at least 4 members (excludes halogenated alkanes) is 1. The van der Waals surface area contributed by atoms with Crippen molar-refractivity contribution in [2.24, 2.45) is 0 Å². The van der Waals surface area contributed by atoms with Crippen molar-refractivity contribution in [3.8, 4) is 23.4 Å². The normalized spacial score (nSPS) is 10.1. The maximum atomic E-state index is 8.58. The van der Waals surface area contributed by atoms with Crippen LogP contribution in [0.4, 0.5) is 0 Å². The van der Waals surface area contributed by atoms with Gasteiger partial charge in [0.25, 0.3) is 0 Å². The second-order valence-electron chi connectivity index (χ2n) is 5.41. The summed E-state index contributed by atoms with van der Waals surface area (Å²) < 4.78 is 16.1. The van der Waals surface area contributed by atoms with Crippen LogP contribution in [-0.4, -0.2) is 25.8 Å². The molecule has 0 atom stereocenters. The van der Waals surface area contributed by atoms with E-state index < -0.39 is 0 Å². The molecule has 0 aliphatic rings. The van der Waals surface area contributed by atoms with Gasteiger partial charge < -0.3 is 19.5 Å². The molecule has 25 heavy (non-hydrogen) atoms. The van der Waals surface area contributed by atoms with E-state index in [4.69, 9.17) is 19.5 Å². The van der Waals surface area contributed by atoms with Crippen molar-refractivity contribution in [2.75, 3.05) is 20.8 Å². The maximum Gasteiger partial charge on any atom is 0.212 e. The fraction of sp³-hybridized carbons (Fsp3) is 0.368. The third kappa shape index (κ3) is 5.98. The van der Waals surface area contributed by atoms with Crippen LogP contribution in [0.5, 0.6) is 17.4 Å². The van der Waals surface area contributed by atoms with Gasteiger partial charge in [0.15, 0.2) is 11.5 Å². The van der Waals surface area contributed by atoms with Gasteiger partial charge in [0.05, 0.1) is 26.9 Å². The van der Waals surface area contributed by atoms with E-state index in [9.17, 15) is 0 Å². The van der Waals surface area contributed by atoms with Crippen LogP contribution >= 0.6 is 0 Å². The molecule has 2 aromatic rings. The van der Waals surface area contributed by atoms with E-state index in [1.807, 2.05) is 30.3 Å². The number of nitriles is 1. The number of pyridine rings is 1. The third-order valence-electron chi connectivity index (χ3n) is 3.58. The molecular weight excluding hydrogens is 318 g/mol. The number of nitrogens with one attached hydrogen (secondary N) is 1. The first kappa shape index (κ1) is 18.6. The zero-order valence-electron chi connectivity index (χ0n) is 14.6. The average molecular weight is 341 g/mol. The van der Waals surface area contributed by atoms with Crippen LogP contribution in [0.15, 0.2) is 36.5 Å². The molecule has 0 amide bonds. The van der Waals surface area contributed by atoms with Crippen molar-refractivity contribution in [2.45, 2.75) is 25.9 Å². The molecule has 1 N–H and O–H groups in total. The first-order valence-corrected chi connectivity index (χ1v) is 8.13. The molecule has 0 fully saturated rings. The topological polar surface area (TPSA) is 76.4 Å². The molecule has 0 saturated carbocycles. The van der Waals surface area contributed by atoms with Crippen LogP contribution in [-0.2, 0) is 13.1 Å². The lowest BCUT2D eigenvalue weighted by Gasteiger charge is -2.12. The summed E-state index contributed by atoms with van der Waals surface area (Å²) in [5.74, 6) is 2.00. The van der Waals surface area contributed by atoms with Crippen LogP contribution in [0.3, 0.4) is 0 Å². The average Bonchev–Trinajstić information content (AvgIpc) is 2.66. The van der Waals surface area contributed by atoms with Gasteiger partial charge in [0.2, 0.25) is 5.88 Å². The minimum Gasteiger partial charge on any atom is -0.493 e. The van der Waals surface area contributed by atoms with Gasteiger partial charge >= 0.3 is 0 Å². The van der Waals surface area contributed by atoms with E-state index >= 15 is 0 Å². The number of methoxy groups -OCH3 is 2. The Labute approximate surface area is 148 Å². The predicted octanol–water partition coefficient (Wildman–Crippen LogP) is 3.07. The van der Waals surface area contributed by atoms with Gasteiger partial charge in [-0.1, -0.05) is 12.1 Å². The molecule has 1 heterocycles. The SMILES string of the molecule is COc1ccc(CNCc2ccc(OC)c(OCCCC#N)c2)cn1. The lowest BCUT2D eigenvalue weighted by molar-refractivity contribution is 0.290. The molecule has 6 nitrogen and oxygen atoms in total. The fourth-order valence-corrected chi connectivity index (χ4v) is 2.26. The van der Waals surface area contributed by atoms with E-state index in [0.29, 0.717) is 49.9 Å².